The van der Waals surface area contributed by atoms with Crippen LogP contribution in [0.1, 0.15) is 24.8 Å². The molecule has 4 aromatic rings. The zero-order chi connectivity index (χ0) is 28.3. The second-order valence-corrected chi connectivity index (χ2v) is 13.8. The molecule has 210 valence electrons. The number of carbonyl (C=O) groups excluding carboxylic acids is 1. The van der Waals surface area contributed by atoms with Gasteiger partial charge in [0.1, 0.15) is 9.96 Å². The average Bonchev–Trinajstić information content (AvgIpc) is 3.37. The first-order valence-electron chi connectivity index (χ1n) is 13.0. The van der Waals surface area contributed by atoms with Gasteiger partial charge in [0.25, 0.3) is 5.56 Å². The van der Waals surface area contributed by atoms with Crippen molar-refractivity contribution < 1.29 is 13.2 Å². The molecule has 12 heteroatoms. The number of hydrogen-bond acceptors (Lipinski definition) is 8. The smallest absolute Gasteiger partial charge is 0.333 e. The molecule has 3 heterocycles. The standard InChI is InChI=1S/C28H29ClN4O5S2/c29-25-10-11-26(39-25)40(37,38)18-22(34)16-19-4-7-21(8-5-19)33-27(35)23-9-6-20(17-24(23)31-28(33)36)30-12-15-32-13-2-1-3-14-32/h4-11,17,30H,1-3,12-16,18H2,(H,31,36). The third-order valence-electron chi connectivity index (χ3n) is 6.91. The molecule has 2 N–H and O–H groups in total. The number of fused-ring (bicyclic) bond motifs is 1. The fraction of sp³-hybridized carbons (Fsp3) is 0.321. The van der Waals surface area contributed by atoms with Gasteiger partial charge in [0.05, 0.1) is 20.9 Å². The number of halogens is 1. The largest absolute Gasteiger partial charge is 0.384 e. The maximum absolute atomic E-state index is 13.2. The molecule has 2 aromatic carbocycles. The average molecular weight is 601 g/mol. The second kappa shape index (κ2) is 12.1. The molecule has 2 aromatic heterocycles. The number of hydrogen-bond donors (Lipinski definition) is 2. The summed E-state index contributed by atoms with van der Waals surface area (Å²) in [5.74, 6) is -1.11. The SMILES string of the molecule is O=C(Cc1ccc(-n2c(=O)[nH]c3cc(NCCN4CCCCC4)ccc3c2=O)cc1)CS(=O)(=O)c1ccc(Cl)s1. The highest BCUT2D eigenvalue weighted by atomic mass is 35.5. The highest BCUT2D eigenvalue weighted by Crippen LogP contribution is 2.26. The van der Waals surface area contributed by atoms with E-state index in [1.165, 1.54) is 31.4 Å². The summed E-state index contributed by atoms with van der Waals surface area (Å²) in [6.07, 6.45) is 3.67. The molecule has 0 aliphatic carbocycles. The van der Waals surface area contributed by atoms with Crippen LogP contribution >= 0.6 is 22.9 Å². The lowest BCUT2D eigenvalue weighted by Crippen LogP contribution is -2.34. The molecule has 40 heavy (non-hydrogen) atoms. The molecule has 0 unspecified atom stereocenters. The van der Waals surface area contributed by atoms with E-state index in [-0.39, 0.29) is 10.6 Å². The van der Waals surface area contributed by atoms with Gasteiger partial charge in [-0.25, -0.2) is 17.8 Å². The number of piperidine rings is 1. The zero-order valence-electron chi connectivity index (χ0n) is 21.7. The van der Waals surface area contributed by atoms with E-state index in [9.17, 15) is 22.8 Å². The Balaban J connectivity index is 1.27. The number of anilines is 1. The van der Waals surface area contributed by atoms with Gasteiger partial charge in [-0.3, -0.25) is 9.59 Å². The summed E-state index contributed by atoms with van der Waals surface area (Å²) in [5, 5.41) is 3.75. The van der Waals surface area contributed by atoms with Crippen LogP contribution in [0.3, 0.4) is 0 Å². The maximum atomic E-state index is 13.2. The Kier molecular flexibility index (Phi) is 8.55. The predicted octanol–water partition coefficient (Wildman–Crippen LogP) is 3.88. The fourth-order valence-corrected chi connectivity index (χ4v) is 7.70. The van der Waals surface area contributed by atoms with Crippen molar-refractivity contribution in [3.05, 3.63) is 85.3 Å². The van der Waals surface area contributed by atoms with Crippen molar-refractivity contribution in [2.45, 2.75) is 29.9 Å². The third-order valence-corrected chi connectivity index (χ3v) is 10.4. The lowest BCUT2D eigenvalue weighted by molar-refractivity contribution is -0.116. The first-order valence-corrected chi connectivity index (χ1v) is 15.9. The van der Waals surface area contributed by atoms with Crippen LogP contribution in [0.2, 0.25) is 4.34 Å². The second-order valence-electron chi connectivity index (χ2n) is 9.86. The number of ketones is 1. The fourth-order valence-electron chi connectivity index (χ4n) is 4.89. The molecular weight excluding hydrogens is 572 g/mol. The quantitative estimate of drug-likeness (QED) is 0.283. The summed E-state index contributed by atoms with van der Waals surface area (Å²) in [7, 11) is -3.77. The van der Waals surface area contributed by atoms with Gasteiger partial charge < -0.3 is 15.2 Å². The lowest BCUT2D eigenvalue weighted by Gasteiger charge is -2.26. The number of aromatic amines is 1. The van der Waals surface area contributed by atoms with E-state index >= 15 is 0 Å². The van der Waals surface area contributed by atoms with Crippen molar-refractivity contribution in [1.82, 2.24) is 14.5 Å². The van der Waals surface area contributed by atoms with Crippen molar-refractivity contribution in [3.8, 4) is 5.69 Å². The van der Waals surface area contributed by atoms with Gasteiger partial charge in [-0.2, -0.15) is 0 Å². The Bertz CT molecular complexity index is 1750. The molecule has 1 saturated heterocycles. The minimum absolute atomic E-state index is 0.0523. The summed E-state index contributed by atoms with van der Waals surface area (Å²) in [4.78, 5) is 43.8. The van der Waals surface area contributed by atoms with Crippen molar-refractivity contribution in [1.29, 1.82) is 0 Å². The number of carbonyl (C=O) groups is 1. The molecule has 1 fully saturated rings. The number of rotatable bonds is 10. The number of aromatic nitrogens is 2. The molecule has 5 rings (SSSR count). The molecule has 0 spiro atoms. The Labute approximate surface area is 240 Å². The van der Waals surface area contributed by atoms with Gasteiger partial charge in [0.15, 0.2) is 15.6 Å². The molecule has 0 bridgehead atoms. The first kappa shape index (κ1) is 28.3. The molecule has 0 saturated carbocycles. The lowest BCUT2D eigenvalue weighted by atomic mass is 10.1. The van der Waals surface area contributed by atoms with Crippen LogP contribution in [0.15, 0.2) is 68.4 Å². The van der Waals surface area contributed by atoms with E-state index < -0.39 is 32.6 Å². The number of nitrogens with zero attached hydrogens (tertiary/aromatic N) is 2. The van der Waals surface area contributed by atoms with Crippen LogP contribution in [0, 0.1) is 0 Å². The topological polar surface area (TPSA) is 121 Å². The number of H-pyrrole nitrogens is 1. The van der Waals surface area contributed by atoms with Crippen LogP contribution in [-0.4, -0.2) is 60.6 Å². The van der Waals surface area contributed by atoms with Gasteiger partial charge in [-0.05, 0) is 74.0 Å². The van der Waals surface area contributed by atoms with Crippen LogP contribution < -0.4 is 16.6 Å². The Morgan fingerprint density at radius 2 is 1.75 bits per heavy atom. The van der Waals surface area contributed by atoms with E-state index in [0.717, 1.165) is 47.8 Å². The summed E-state index contributed by atoms with van der Waals surface area (Å²) < 4.78 is 26.3. The van der Waals surface area contributed by atoms with Crippen molar-refractivity contribution in [3.63, 3.8) is 0 Å². The number of thiophene rings is 1. The third kappa shape index (κ3) is 6.55. The molecule has 0 atom stereocenters. The minimum atomic E-state index is -3.77. The molecule has 1 aliphatic heterocycles. The minimum Gasteiger partial charge on any atom is -0.384 e. The molecule has 1 aliphatic rings. The van der Waals surface area contributed by atoms with E-state index in [2.05, 4.69) is 15.2 Å². The highest BCUT2D eigenvalue weighted by molar-refractivity contribution is 7.94. The summed E-state index contributed by atoms with van der Waals surface area (Å²) in [5.41, 5.74) is 1.16. The molecule has 0 amide bonds. The Morgan fingerprint density at radius 3 is 2.45 bits per heavy atom. The van der Waals surface area contributed by atoms with Gasteiger partial charge >= 0.3 is 5.69 Å². The number of Topliss-reactive ketones (excluding diaryl/α,β-unsaturated/α-hetero) is 1. The van der Waals surface area contributed by atoms with E-state index in [1.807, 2.05) is 6.07 Å². The molecular formula is C28H29ClN4O5S2. The van der Waals surface area contributed by atoms with Gasteiger partial charge in [-0.1, -0.05) is 30.2 Å². The summed E-state index contributed by atoms with van der Waals surface area (Å²) in [6, 6.07) is 14.5. The van der Waals surface area contributed by atoms with Crippen molar-refractivity contribution in [2.75, 3.05) is 37.2 Å². The summed E-state index contributed by atoms with van der Waals surface area (Å²) in [6.45, 7) is 3.96. The summed E-state index contributed by atoms with van der Waals surface area (Å²) >= 11 is 6.73. The predicted molar refractivity (Wildman–Crippen MR) is 159 cm³/mol. The van der Waals surface area contributed by atoms with E-state index in [0.29, 0.717) is 26.5 Å². The zero-order valence-corrected chi connectivity index (χ0v) is 24.1. The van der Waals surface area contributed by atoms with E-state index in [4.69, 9.17) is 11.6 Å². The van der Waals surface area contributed by atoms with Crippen LogP contribution in [0.4, 0.5) is 5.69 Å². The van der Waals surface area contributed by atoms with Crippen LogP contribution in [0.5, 0.6) is 0 Å². The van der Waals surface area contributed by atoms with Crippen molar-refractivity contribution in [2.24, 2.45) is 0 Å². The van der Waals surface area contributed by atoms with Crippen LogP contribution in [0.25, 0.3) is 16.6 Å². The number of benzene rings is 2. The highest BCUT2D eigenvalue weighted by Gasteiger charge is 2.21. The molecule has 0 radical (unpaired) electrons. The Hall–Kier alpha value is -3.25. The van der Waals surface area contributed by atoms with Crippen molar-refractivity contribution >= 4 is 55.1 Å². The van der Waals surface area contributed by atoms with Gasteiger partial charge in [0, 0.05) is 25.2 Å². The Morgan fingerprint density at radius 1 is 1.00 bits per heavy atom. The first-order chi connectivity index (χ1) is 19.2. The molecule has 9 nitrogen and oxygen atoms in total. The normalized spacial score (nSPS) is 14.4. The number of likely N-dealkylation sites (tertiary alicyclic amines) is 1. The number of sulfone groups is 1. The number of nitrogens with one attached hydrogen (secondary N) is 2. The van der Waals surface area contributed by atoms with Gasteiger partial charge in [0.2, 0.25) is 0 Å². The van der Waals surface area contributed by atoms with E-state index in [1.54, 1.807) is 36.4 Å². The maximum Gasteiger partial charge on any atom is 0.333 e. The van der Waals surface area contributed by atoms with Crippen LogP contribution in [-0.2, 0) is 21.1 Å². The monoisotopic (exact) mass is 600 g/mol. The van der Waals surface area contributed by atoms with Gasteiger partial charge in [-0.15, -0.1) is 11.3 Å².